The Kier molecular flexibility index (Phi) is 16.5. The lowest BCUT2D eigenvalue weighted by Crippen LogP contribution is -2.43. The minimum absolute atomic E-state index is 0.359. The van der Waals surface area contributed by atoms with Gasteiger partial charge in [-0.05, 0) is 95.7 Å². The summed E-state index contributed by atoms with van der Waals surface area (Å²) in [5.41, 5.74) is 5.54. The number of carbonyl (C=O) groups is 2. The number of hydrogen-bond donors (Lipinski definition) is 1. The van der Waals surface area contributed by atoms with Gasteiger partial charge in [0.15, 0.2) is 0 Å². The summed E-state index contributed by atoms with van der Waals surface area (Å²) >= 11 is 1.64. The molecule has 0 bridgehead atoms. The molecule has 1 fully saturated rings. The average Bonchev–Trinajstić information content (AvgIpc) is 3.03. The molecule has 242 valence electrons. The van der Waals surface area contributed by atoms with Gasteiger partial charge in [-0.2, -0.15) is 0 Å². The molecule has 0 atom stereocenters. The van der Waals surface area contributed by atoms with Crippen molar-refractivity contribution in [1.82, 2.24) is 10.2 Å². The lowest BCUT2D eigenvalue weighted by atomic mass is 10.1. The van der Waals surface area contributed by atoms with E-state index in [0.717, 1.165) is 81.0 Å². The van der Waals surface area contributed by atoms with Crippen LogP contribution in [0.5, 0.6) is 5.75 Å². The number of carbonyl (C=O) groups excluding carboxylic acids is 2. The molecule has 1 aliphatic rings. The van der Waals surface area contributed by atoms with Crippen LogP contribution in [0.1, 0.15) is 75.7 Å². The number of rotatable bonds is 17. The van der Waals surface area contributed by atoms with Gasteiger partial charge in [0, 0.05) is 49.4 Å². The van der Waals surface area contributed by atoms with E-state index in [0.29, 0.717) is 17.9 Å². The van der Waals surface area contributed by atoms with Crippen LogP contribution >= 0.6 is 11.8 Å². The molecule has 1 heterocycles. The SMILES string of the molecule is CC(C)=CCC/C(C)=C/CC/C(C)=C/CSc1ccccc1C(=O)Oc1ccc(/C=C/C(=O)OCCCN2CCNCC2)cc1. The molecule has 0 aliphatic carbocycles. The van der Waals surface area contributed by atoms with Crippen LogP contribution in [0, 0.1) is 0 Å². The lowest BCUT2D eigenvalue weighted by Gasteiger charge is -2.26. The first kappa shape index (κ1) is 36.1. The van der Waals surface area contributed by atoms with Crippen LogP contribution in [0.2, 0.25) is 0 Å². The number of piperazine rings is 1. The van der Waals surface area contributed by atoms with E-state index < -0.39 is 0 Å². The summed E-state index contributed by atoms with van der Waals surface area (Å²) in [6.07, 6.45) is 15.2. The minimum atomic E-state index is -0.389. The molecule has 6 nitrogen and oxygen atoms in total. The van der Waals surface area contributed by atoms with Gasteiger partial charge < -0.3 is 19.7 Å². The van der Waals surface area contributed by atoms with Crippen LogP contribution in [0.4, 0.5) is 0 Å². The first-order valence-corrected chi connectivity index (χ1v) is 17.1. The van der Waals surface area contributed by atoms with Gasteiger partial charge in [-0.3, -0.25) is 0 Å². The van der Waals surface area contributed by atoms with E-state index in [1.54, 1.807) is 36.0 Å². The van der Waals surface area contributed by atoms with Crippen molar-refractivity contribution in [2.75, 3.05) is 45.1 Å². The Labute approximate surface area is 274 Å². The second kappa shape index (κ2) is 20.6. The Balaban J connectivity index is 1.41. The summed E-state index contributed by atoms with van der Waals surface area (Å²) in [6, 6.07) is 14.6. The summed E-state index contributed by atoms with van der Waals surface area (Å²) in [5.74, 6) is 0.495. The summed E-state index contributed by atoms with van der Waals surface area (Å²) in [6.45, 7) is 14.1. The third-order valence-corrected chi connectivity index (χ3v) is 8.48. The zero-order valence-corrected chi connectivity index (χ0v) is 28.3. The smallest absolute Gasteiger partial charge is 0.344 e. The molecule has 2 aromatic carbocycles. The van der Waals surface area contributed by atoms with E-state index in [4.69, 9.17) is 9.47 Å². The van der Waals surface area contributed by atoms with Crippen molar-refractivity contribution in [3.05, 3.63) is 101 Å². The van der Waals surface area contributed by atoms with Crippen LogP contribution in [-0.2, 0) is 9.53 Å². The van der Waals surface area contributed by atoms with E-state index in [-0.39, 0.29) is 11.9 Å². The standard InChI is InChI=1S/C38H50N2O4S/c1-30(2)10-7-11-31(3)12-8-13-32(4)22-29-45-36-15-6-5-14-35(36)38(42)44-34-19-16-33(17-20-34)18-21-37(41)43-28-9-25-40-26-23-39-24-27-40/h5-6,10,12,14-22,39H,7-9,11,13,23-29H2,1-4H3/b21-18+,31-12+,32-22+. The highest BCUT2D eigenvalue weighted by Crippen LogP contribution is 2.25. The number of thioether (sulfide) groups is 1. The van der Waals surface area contributed by atoms with Gasteiger partial charge in [0.2, 0.25) is 0 Å². The number of nitrogens with one attached hydrogen (secondary N) is 1. The zero-order chi connectivity index (χ0) is 32.3. The molecule has 0 unspecified atom stereocenters. The van der Waals surface area contributed by atoms with Crippen molar-refractivity contribution in [3.63, 3.8) is 0 Å². The first-order chi connectivity index (χ1) is 21.8. The maximum absolute atomic E-state index is 13.0. The van der Waals surface area contributed by atoms with Crippen molar-refractivity contribution in [3.8, 4) is 5.75 Å². The molecule has 0 radical (unpaired) electrons. The molecule has 1 saturated heterocycles. The van der Waals surface area contributed by atoms with Gasteiger partial charge in [0.05, 0.1) is 12.2 Å². The van der Waals surface area contributed by atoms with Crippen LogP contribution in [0.25, 0.3) is 6.08 Å². The highest BCUT2D eigenvalue weighted by atomic mass is 32.2. The van der Waals surface area contributed by atoms with E-state index in [2.05, 4.69) is 56.1 Å². The van der Waals surface area contributed by atoms with Gasteiger partial charge in [0.1, 0.15) is 5.75 Å². The van der Waals surface area contributed by atoms with Crippen LogP contribution in [-0.4, -0.2) is 61.9 Å². The van der Waals surface area contributed by atoms with Gasteiger partial charge in [-0.15, -0.1) is 11.8 Å². The topological polar surface area (TPSA) is 67.9 Å². The van der Waals surface area contributed by atoms with E-state index >= 15 is 0 Å². The van der Waals surface area contributed by atoms with Crippen LogP contribution in [0.3, 0.4) is 0 Å². The van der Waals surface area contributed by atoms with Crippen molar-refractivity contribution < 1.29 is 19.1 Å². The summed E-state index contributed by atoms with van der Waals surface area (Å²) in [5, 5.41) is 3.33. The largest absolute Gasteiger partial charge is 0.462 e. The minimum Gasteiger partial charge on any atom is -0.462 e. The number of allylic oxidation sites excluding steroid dienone is 5. The van der Waals surface area contributed by atoms with Crippen molar-refractivity contribution in [2.45, 2.75) is 64.7 Å². The predicted octanol–water partition coefficient (Wildman–Crippen LogP) is 8.27. The number of ether oxygens (including phenoxy) is 2. The number of benzene rings is 2. The third kappa shape index (κ3) is 15.0. The van der Waals surface area contributed by atoms with Gasteiger partial charge in [0.25, 0.3) is 0 Å². The molecular formula is C38H50N2O4S. The average molecular weight is 631 g/mol. The Hall–Kier alpha value is -3.39. The molecule has 7 heteroatoms. The van der Waals surface area contributed by atoms with E-state index in [9.17, 15) is 9.59 Å². The molecule has 1 aliphatic heterocycles. The summed E-state index contributed by atoms with van der Waals surface area (Å²) in [7, 11) is 0. The number of hydrogen-bond acceptors (Lipinski definition) is 7. The quantitative estimate of drug-likeness (QED) is 0.0471. The van der Waals surface area contributed by atoms with Crippen LogP contribution in [0.15, 0.2) is 94.4 Å². The van der Waals surface area contributed by atoms with E-state index in [1.807, 2.05) is 30.3 Å². The monoisotopic (exact) mass is 630 g/mol. The van der Waals surface area contributed by atoms with Gasteiger partial charge in [-0.25, -0.2) is 9.59 Å². The number of nitrogens with zero attached hydrogens (tertiary/aromatic N) is 1. The van der Waals surface area contributed by atoms with E-state index in [1.165, 1.54) is 22.8 Å². The Morgan fingerprint density at radius 1 is 0.889 bits per heavy atom. The molecular weight excluding hydrogens is 580 g/mol. The maximum Gasteiger partial charge on any atom is 0.344 e. The van der Waals surface area contributed by atoms with Gasteiger partial charge >= 0.3 is 11.9 Å². The lowest BCUT2D eigenvalue weighted by molar-refractivity contribution is -0.137. The van der Waals surface area contributed by atoms with Crippen molar-refractivity contribution in [2.24, 2.45) is 0 Å². The molecule has 0 saturated carbocycles. The molecule has 2 aromatic rings. The molecule has 0 spiro atoms. The predicted molar refractivity (Wildman–Crippen MR) is 188 cm³/mol. The van der Waals surface area contributed by atoms with Crippen molar-refractivity contribution in [1.29, 1.82) is 0 Å². The van der Waals surface area contributed by atoms with Gasteiger partial charge in [-0.1, -0.05) is 59.2 Å². The zero-order valence-electron chi connectivity index (χ0n) is 27.5. The highest BCUT2D eigenvalue weighted by Gasteiger charge is 2.14. The fourth-order valence-corrected chi connectivity index (χ4v) is 5.82. The summed E-state index contributed by atoms with van der Waals surface area (Å²) < 4.78 is 11.0. The number of esters is 2. The maximum atomic E-state index is 13.0. The Morgan fingerprint density at radius 2 is 1.58 bits per heavy atom. The molecule has 45 heavy (non-hydrogen) atoms. The fourth-order valence-electron chi connectivity index (χ4n) is 4.79. The molecule has 0 amide bonds. The second-order valence-electron chi connectivity index (χ2n) is 11.7. The Bertz CT molecular complexity index is 1330. The highest BCUT2D eigenvalue weighted by molar-refractivity contribution is 7.99. The normalized spacial score (nSPS) is 14.4. The fraction of sp³-hybridized carbons (Fsp3) is 0.421. The third-order valence-electron chi connectivity index (χ3n) is 7.48. The first-order valence-electron chi connectivity index (χ1n) is 16.1. The Morgan fingerprint density at radius 3 is 2.31 bits per heavy atom. The van der Waals surface area contributed by atoms with Crippen molar-refractivity contribution >= 4 is 29.8 Å². The second-order valence-corrected chi connectivity index (χ2v) is 12.7. The van der Waals surface area contributed by atoms with Crippen LogP contribution < -0.4 is 10.1 Å². The molecule has 1 N–H and O–H groups in total. The molecule has 0 aromatic heterocycles. The molecule has 3 rings (SSSR count). The summed E-state index contributed by atoms with van der Waals surface area (Å²) in [4.78, 5) is 28.4.